The van der Waals surface area contributed by atoms with Crippen LogP contribution in [0.3, 0.4) is 0 Å². The molecule has 1 N–H and O–H groups in total. The number of ether oxygens (including phenoxy) is 1. The fraction of sp³-hybridized carbons (Fsp3) is 0.263. The highest BCUT2D eigenvalue weighted by molar-refractivity contribution is 6.32. The summed E-state index contributed by atoms with van der Waals surface area (Å²) in [5.41, 5.74) is 1.67. The van der Waals surface area contributed by atoms with E-state index in [0.717, 1.165) is 11.3 Å². The molecule has 0 saturated carbocycles. The summed E-state index contributed by atoms with van der Waals surface area (Å²) in [5, 5.41) is 7.97. The zero-order chi connectivity index (χ0) is 19.4. The third kappa shape index (κ3) is 4.46. The predicted octanol–water partition coefficient (Wildman–Crippen LogP) is 4.62. The fourth-order valence-electron chi connectivity index (χ4n) is 2.61. The van der Waals surface area contributed by atoms with E-state index < -0.39 is 0 Å². The van der Waals surface area contributed by atoms with E-state index in [1.807, 2.05) is 26.0 Å². The molecule has 3 aromatic rings. The molecule has 0 aliphatic rings. The number of carbonyl (C=O) groups is 1. The maximum Gasteiger partial charge on any atom is 0.287 e. The standard InChI is InChI=1S/C19H19Cl2N3O3/c1-3-24-16(15(21)9-23-24)10-22-19(25)17-8-7-13(27-17)11-26-18-12(2)5-4-6-14(18)20/h4-9H,3,10-11H2,1-2H3,(H,22,25). The van der Waals surface area contributed by atoms with E-state index in [1.54, 1.807) is 29.1 Å². The minimum Gasteiger partial charge on any atom is -0.484 e. The first-order chi connectivity index (χ1) is 13.0. The van der Waals surface area contributed by atoms with Crippen LogP contribution in [-0.4, -0.2) is 15.7 Å². The molecule has 0 radical (unpaired) electrons. The van der Waals surface area contributed by atoms with Crippen LogP contribution in [0.2, 0.25) is 10.0 Å². The molecule has 3 rings (SSSR count). The summed E-state index contributed by atoms with van der Waals surface area (Å²) in [6.45, 7) is 4.97. The second-order valence-electron chi connectivity index (χ2n) is 5.88. The summed E-state index contributed by atoms with van der Waals surface area (Å²) >= 11 is 12.2. The van der Waals surface area contributed by atoms with Gasteiger partial charge in [0.2, 0.25) is 0 Å². The number of furan rings is 1. The van der Waals surface area contributed by atoms with E-state index in [4.69, 9.17) is 32.4 Å². The zero-order valence-corrected chi connectivity index (χ0v) is 16.5. The van der Waals surface area contributed by atoms with Gasteiger partial charge in [-0.2, -0.15) is 5.10 Å². The highest BCUT2D eigenvalue weighted by Crippen LogP contribution is 2.28. The van der Waals surface area contributed by atoms with Gasteiger partial charge in [0.25, 0.3) is 5.91 Å². The minimum atomic E-state index is -0.338. The molecule has 0 unspecified atom stereocenters. The first-order valence-electron chi connectivity index (χ1n) is 8.44. The topological polar surface area (TPSA) is 69.3 Å². The Balaban J connectivity index is 1.60. The summed E-state index contributed by atoms with van der Waals surface area (Å²) in [5.74, 6) is 0.985. The molecular formula is C19H19Cl2N3O3. The summed E-state index contributed by atoms with van der Waals surface area (Å²) < 4.78 is 13.0. The molecule has 0 spiro atoms. The Morgan fingerprint density at radius 3 is 2.81 bits per heavy atom. The van der Waals surface area contributed by atoms with E-state index in [9.17, 15) is 4.79 Å². The van der Waals surface area contributed by atoms with E-state index >= 15 is 0 Å². The van der Waals surface area contributed by atoms with Crippen LogP contribution in [0.25, 0.3) is 0 Å². The van der Waals surface area contributed by atoms with Crippen molar-refractivity contribution in [2.24, 2.45) is 0 Å². The number of aromatic nitrogens is 2. The van der Waals surface area contributed by atoms with Gasteiger partial charge in [0.15, 0.2) is 5.76 Å². The Morgan fingerprint density at radius 2 is 2.07 bits per heavy atom. The van der Waals surface area contributed by atoms with Crippen LogP contribution >= 0.6 is 23.2 Å². The Labute approximate surface area is 167 Å². The van der Waals surface area contributed by atoms with Gasteiger partial charge in [0.1, 0.15) is 18.1 Å². The number of rotatable bonds is 7. The number of para-hydroxylation sites is 1. The van der Waals surface area contributed by atoms with Gasteiger partial charge in [0.05, 0.1) is 28.5 Å². The van der Waals surface area contributed by atoms with E-state index in [2.05, 4.69) is 10.4 Å². The number of benzene rings is 1. The normalized spacial score (nSPS) is 10.8. The van der Waals surface area contributed by atoms with Crippen LogP contribution in [-0.2, 0) is 19.7 Å². The number of hydrogen-bond donors (Lipinski definition) is 1. The van der Waals surface area contributed by atoms with Gasteiger partial charge in [-0.15, -0.1) is 0 Å². The number of amides is 1. The van der Waals surface area contributed by atoms with Crippen molar-refractivity contribution in [3.05, 3.63) is 69.4 Å². The van der Waals surface area contributed by atoms with Crippen LogP contribution in [0, 0.1) is 6.92 Å². The Kier molecular flexibility index (Phi) is 6.08. The number of carbonyl (C=O) groups excluding carboxylic acids is 1. The third-order valence-corrected chi connectivity index (χ3v) is 4.64. The molecule has 2 aromatic heterocycles. The summed E-state index contributed by atoms with van der Waals surface area (Å²) in [4.78, 5) is 12.3. The molecule has 0 fully saturated rings. The Bertz CT molecular complexity index is 929. The quantitative estimate of drug-likeness (QED) is 0.620. The molecule has 1 amide bonds. The number of aryl methyl sites for hydroxylation is 2. The molecule has 1 aromatic carbocycles. The molecule has 0 atom stereocenters. The maximum atomic E-state index is 12.3. The Morgan fingerprint density at radius 1 is 1.26 bits per heavy atom. The highest BCUT2D eigenvalue weighted by Gasteiger charge is 2.15. The second kappa shape index (κ2) is 8.50. The fourth-order valence-corrected chi connectivity index (χ4v) is 3.09. The largest absolute Gasteiger partial charge is 0.484 e. The first kappa shape index (κ1) is 19.3. The highest BCUT2D eigenvalue weighted by atomic mass is 35.5. The Hall–Kier alpha value is -2.44. The van der Waals surface area contributed by atoms with Crippen LogP contribution in [0.15, 0.2) is 40.9 Å². The molecular weight excluding hydrogens is 389 g/mol. The molecule has 0 aliphatic carbocycles. The zero-order valence-electron chi connectivity index (χ0n) is 15.0. The van der Waals surface area contributed by atoms with Gasteiger partial charge in [-0.25, -0.2) is 0 Å². The summed E-state index contributed by atoms with van der Waals surface area (Å²) in [7, 11) is 0. The van der Waals surface area contributed by atoms with Crippen LogP contribution in [0.4, 0.5) is 0 Å². The summed E-state index contributed by atoms with van der Waals surface area (Å²) in [6, 6.07) is 8.83. The van der Waals surface area contributed by atoms with Crippen molar-refractivity contribution in [1.82, 2.24) is 15.1 Å². The van der Waals surface area contributed by atoms with Crippen molar-refractivity contribution in [2.45, 2.75) is 33.5 Å². The predicted molar refractivity (Wildman–Crippen MR) is 103 cm³/mol. The average Bonchev–Trinajstić information content (AvgIpc) is 3.26. The summed E-state index contributed by atoms with van der Waals surface area (Å²) in [6.07, 6.45) is 1.56. The van der Waals surface area contributed by atoms with Gasteiger partial charge in [-0.3, -0.25) is 9.48 Å². The molecule has 8 heteroatoms. The lowest BCUT2D eigenvalue weighted by atomic mass is 10.2. The molecule has 0 saturated heterocycles. The number of hydrogen-bond acceptors (Lipinski definition) is 4. The molecule has 2 heterocycles. The monoisotopic (exact) mass is 407 g/mol. The van der Waals surface area contributed by atoms with Gasteiger partial charge in [0, 0.05) is 6.54 Å². The lowest BCUT2D eigenvalue weighted by Crippen LogP contribution is -2.24. The SMILES string of the molecule is CCn1ncc(Cl)c1CNC(=O)c1ccc(COc2c(C)cccc2Cl)o1. The van der Waals surface area contributed by atoms with Crippen molar-refractivity contribution in [3.63, 3.8) is 0 Å². The van der Waals surface area contributed by atoms with Crippen molar-refractivity contribution >= 4 is 29.1 Å². The lowest BCUT2D eigenvalue weighted by molar-refractivity contribution is 0.0918. The molecule has 142 valence electrons. The van der Waals surface area contributed by atoms with Gasteiger partial charge in [-0.05, 0) is 37.6 Å². The van der Waals surface area contributed by atoms with Crippen molar-refractivity contribution in [2.75, 3.05) is 0 Å². The molecule has 27 heavy (non-hydrogen) atoms. The van der Waals surface area contributed by atoms with E-state index in [-0.39, 0.29) is 24.8 Å². The number of nitrogens with one attached hydrogen (secondary N) is 1. The van der Waals surface area contributed by atoms with Gasteiger partial charge >= 0.3 is 0 Å². The number of halogens is 2. The van der Waals surface area contributed by atoms with Gasteiger partial charge in [-0.1, -0.05) is 35.3 Å². The smallest absolute Gasteiger partial charge is 0.287 e. The minimum absolute atomic E-state index is 0.173. The molecule has 6 nitrogen and oxygen atoms in total. The van der Waals surface area contributed by atoms with Crippen LogP contribution in [0.1, 0.15) is 34.5 Å². The molecule has 0 bridgehead atoms. The number of nitrogens with zero attached hydrogens (tertiary/aromatic N) is 2. The van der Waals surface area contributed by atoms with Crippen molar-refractivity contribution in [3.8, 4) is 5.75 Å². The average molecular weight is 408 g/mol. The van der Waals surface area contributed by atoms with Crippen LogP contribution < -0.4 is 10.1 Å². The van der Waals surface area contributed by atoms with Gasteiger partial charge < -0.3 is 14.5 Å². The second-order valence-corrected chi connectivity index (χ2v) is 6.69. The third-order valence-electron chi connectivity index (χ3n) is 4.02. The van der Waals surface area contributed by atoms with E-state index in [0.29, 0.717) is 28.1 Å². The molecule has 0 aliphatic heterocycles. The lowest BCUT2D eigenvalue weighted by Gasteiger charge is -2.09. The first-order valence-corrected chi connectivity index (χ1v) is 9.20. The van der Waals surface area contributed by atoms with E-state index in [1.165, 1.54) is 0 Å². The van der Waals surface area contributed by atoms with Crippen molar-refractivity contribution in [1.29, 1.82) is 0 Å². The van der Waals surface area contributed by atoms with Crippen molar-refractivity contribution < 1.29 is 13.9 Å². The maximum absolute atomic E-state index is 12.3. The van der Waals surface area contributed by atoms with Crippen LogP contribution in [0.5, 0.6) is 5.75 Å².